The smallest absolute Gasteiger partial charge is 0.309 e. The molecule has 3 N–H and O–H groups in total. The largest absolute Gasteiger partial charge is 0.323 e. The molecule has 6 heteroatoms. The van der Waals surface area contributed by atoms with Crippen LogP contribution >= 0.6 is 0 Å². The van der Waals surface area contributed by atoms with Crippen molar-refractivity contribution in [3.63, 3.8) is 0 Å². The number of rotatable bonds is 1. The van der Waals surface area contributed by atoms with Crippen LogP contribution in [-0.2, 0) is 9.68 Å². The van der Waals surface area contributed by atoms with Crippen LogP contribution in [0.4, 0.5) is 4.79 Å². The summed E-state index contributed by atoms with van der Waals surface area (Å²) >= 11 is 0. The first-order chi connectivity index (χ1) is 5.15. The minimum absolute atomic E-state index is 0.465. The summed E-state index contributed by atoms with van der Waals surface area (Å²) in [5.74, 6) is -1.05. The first-order valence-electron chi connectivity index (χ1n) is 3.06. The van der Waals surface area contributed by atoms with Gasteiger partial charge in [-0.1, -0.05) is 0 Å². The van der Waals surface area contributed by atoms with Crippen LogP contribution < -0.4 is 10.6 Å². The van der Waals surface area contributed by atoms with Crippen molar-refractivity contribution in [2.75, 3.05) is 0 Å². The van der Waals surface area contributed by atoms with E-state index in [0.29, 0.717) is 0 Å². The molecule has 62 valence electrons. The van der Waals surface area contributed by atoms with Gasteiger partial charge in [0.1, 0.15) is 0 Å². The predicted octanol–water partition coefficient (Wildman–Crippen LogP) is -0.722. The van der Waals surface area contributed by atoms with E-state index in [-0.39, 0.29) is 0 Å². The highest BCUT2D eigenvalue weighted by Crippen LogP contribution is 2.06. The van der Waals surface area contributed by atoms with Gasteiger partial charge in [-0.15, -0.1) is 0 Å². The molecule has 1 aliphatic rings. The Balaban J connectivity index is 2.66. The summed E-state index contributed by atoms with van der Waals surface area (Å²) < 4.78 is 0. The van der Waals surface area contributed by atoms with Crippen LogP contribution in [-0.4, -0.2) is 23.4 Å². The number of imide groups is 1. The Labute approximate surface area is 62.5 Å². The van der Waals surface area contributed by atoms with Gasteiger partial charge in [0.15, 0.2) is 6.23 Å². The van der Waals surface area contributed by atoms with E-state index in [2.05, 4.69) is 10.2 Å². The number of hydrogen-bond acceptors (Lipinski definition) is 4. The van der Waals surface area contributed by atoms with Gasteiger partial charge in [0.05, 0.1) is 5.92 Å². The minimum atomic E-state index is -0.948. The van der Waals surface area contributed by atoms with E-state index < -0.39 is 24.1 Å². The second kappa shape index (κ2) is 2.85. The third-order valence-corrected chi connectivity index (χ3v) is 1.49. The molecule has 0 aliphatic carbocycles. The maximum atomic E-state index is 10.8. The number of carbonyl (C=O) groups is 2. The van der Waals surface area contributed by atoms with E-state index in [9.17, 15) is 9.59 Å². The van der Waals surface area contributed by atoms with E-state index in [1.807, 2.05) is 5.32 Å². The van der Waals surface area contributed by atoms with Crippen molar-refractivity contribution < 1.29 is 19.7 Å². The Kier molecular flexibility index (Phi) is 2.06. The zero-order valence-electron chi connectivity index (χ0n) is 5.83. The molecule has 0 aromatic carbocycles. The monoisotopic (exact) mass is 160 g/mol. The maximum Gasteiger partial charge on any atom is 0.323 e. The molecule has 1 aliphatic heterocycles. The summed E-state index contributed by atoms with van der Waals surface area (Å²) in [5, 5.41) is 12.4. The molecule has 0 radical (unpaired) electrons. The summed E-state index contributed by atoms with van der Waals surface area (Å²) in [7, 11) is 0. The SMILES string of the molecule is CC1C(=O)NC(=O)NC1OO. The molecule has 6 nitrogen and oxygen atoms in total. The number of carbonyl (C=O) groups excluding carboxylic acids is 2. The Morgan fingerprint density at radius 3 is 2.73 bits per heavy atom. The van der Waals surface area contributed by atoms with Crippen LogP contribution in [0.2, 0.25) is 0 Å². The maximum absolute atomic E-state index is 10.8. The molecule has 2 atom stereocenters. The fraction of sp³-hybridized carbons (Fsp3) is 0.600. The van der Waals surface area contributed by atoms with Crippen LogP contribution in [0.3, 0.4) is 0 Å². The molecular weight excluding hydrogens is 152 g/mol. The van der Waals surface area contributed by atoms with Gasteiger partial charge in [0.25, 0.3) is 0 Å². The highest BCUT2D eigenvalue weighted by atomic mass is 17.1. The van der Waals surface area contributed by atoms with Crippen molar-refractivity contribution in [2.45, 2.75) is 13.2 Å². The van der Waals surface area contributed by atoms with Crippen molar-refractivity contribution in [3.05, 3.63) is 0 Å². The Morgan fingerprint density at radius 2 is 2.18 bits per heavy atom. The van der Waals surface area contributed by atoms with Crippen molar-refractivity contribution >= 4 is 11.9 Å². The lowest BCUT2D eigenvalue weighted by Crippen LogP contribution is -2.57. The van der Waals surface area contributed by atoms with Gasteiger partial charge in [-0.3, -0.25) is 10.1 Å². The molecule has 1 fully saturated rings. The van der Waals surface area contributed by atoms with Crippen LogP contribution in [0.25, 0.3) is 0 Å². The normalized spacial score (nSPS) is 31.1. The van der Waals surface area contributed by atoms with Crippen LogP contribution in [0.15, 0.2) is 0 Å². The molecule has 0 saturated carbocycles. The summed E-state index contributed by atoms with van der Waals surface area (Å²) in [6.45, 7) is 1.52. The lowest BCUT2D eigenvalue weighted by Gasteiger charge is -2.25. The zero-order valence-corrected chi connectivity index (χ0v) is 5.83. The van der Waals surface area contributed by atoms with E-state index in [4.69, 9.17) is 5.26 Å². The minimum Gasteiger partial charge on any atom is -0.309 e. The van der Waals surface area contributed by atoms with Gasteiger partial charge in [-0.2, -0.15) is 0 Å². The van der Waals surface area contributed by atoms with E-state index in [1.54, 1.807) is 0 Å². The van der Waals surface area contributed by atoms with Gasteiger partial charge >= 0.3 is 6.03 Å². The van der Waals surface area contributed by atoms with Crippen LogP contribution in [0, 0.1) is 5.92 Å². The topological polar surface area (TPSA) is 87.7 Å². The molecule has 1 heterocycles. The van der Waals surface area contributed by atoms with Gasteiger partial charge in [-0.05, 0) is 6.92 Å². The van der Waals surface area contributed by atoms with E-state index in [1.165, 1.54) is 6.92 Å². The number of urea groups is 1. The van der Waals surface area contributed by atoms with E-state index in [0.717, 1.165) is 0 Å². The number of hydrogen-bond donors (Lipinski definition) is 3. The predicted molar refractivity (Wildman–Crippen MR) is 33.3 cm³/mol. The van der Waals surface area contributed by atoms with Gasteiger partial charge in [0, 0.05) is 0 Å². The molecule has 1 saturated heterocycles. The fourth-order valence-corrected chi connectivity index (χ4v) is 0.771. The molecule has 1 rings (SSSR count). The van der Waals surface area contributed by atoms with Gasteiger partial charge in [0.2, 0.25) is 5.91 Å². The number of amides is 3. The van der Waals surface area contributed by atoms with Gasteiger partial charge in [-0.25, -0.2) is 14.9 Å². The number of nitrogens with one attached hydrogen (secondary N) is 2. The quantitative estimate of drug-likeness (QED) is 0.349. The van der Waals surface area contributed by atoms with Crippen molar-refractivity contribution in [2.24, 2.45) is 5.92 Å². The standard InChI is InChI=1S/C5H8N2O4/c1-2-3(8)6-5(9)7-4(2)11-10/h2,4,10H,1H3,(H2,6,7,8,9). The van der Waals surface area contributed by atoms with Crippen LogP contribution in [0.5, 0.6) is 0 Å². The molecular formula is C5H8N2O4. The molecule has 2 unspecified atom stereocenters. The summed E-state index contributed by atoms with van der Waals surface area (Å²) in [5.41, 5.74) is 0. The summed E-state index contributed by atoms with van der Waals surface area (Å²) in [6, 6.07) is -0.660. The van der Waals surface area contributed by atoms with Crippen LogP contribution in [0.1, 0.15) is 6.92 Å². The van der Waals surface area contributed by atoms with E-state index >= 15 is 0 Å². The van der Waals surface area contributed by atoms with Crippen molar-refractivity contribution in [1.29, 1.82) is 0 Å². The Bertz CT molecular complexity index is 193. The van der Waals surface area contributed by atoms with Gasteiger partial charge < -0.3 is 5.32 Å². The molecule has 11 heavy (non-hydrogen) atoms. The fourth-order valence-electron chi connectivity index (χ4n) is 0.771. The molecule has 0 spiro atoms. The second-order valence-electron chi connectivity index (χ2n) is 2.28. The second-order valence-corrected chi connectivity index (χ2v) is 2.28. The van der Waals surface area contributed by atoms with Crippen molar-refractivity contribution in [3.8, 4) is 0 Å². The third-order valence-electron chi connectivity index (χ3n) is 1.49. The lowest BCUT2D eigenvalue weighted by atomic mass is 10.1. The zero-order chi connectivity index (χ0) is 8.43. The first-order valence-corrected chi connectivity index (χ1v) is 3.06. The molecule has 0 aromatic rings. The average Bonchev–Trinajstić information content (AvgIpc) is 1.96. The molecule has 3 amide bonds. The Morgan fingerprint density at radius 1 is 1.55 bits per heavy atom. The molecule has 0 bridgehead atoms. The first kappa shape index (κ1) is 7.96. The Hall–Kier alpha value is -1.14. The van der Waals surface area contributed by atoms with Crippen molar-refractivity contribution in [1.82, 2.24) is 10.6 Å². The highest BCUT2D eigenvalue weighted by Gasteiger charge is 2.32. The summed E-state index contributed by atoms with van der Waals surface area (Å²) in [4.78, 5) is 25.2. The average molecular weight is 160 g/mol. The molecule has 0 aromatic heterocycles. The highest BCUT2D eigenvalue weighted by molar-refractivity contribution is 5.98. The lowest BCUT2D eigenvalue weighted by molar-refractivity contribution is -0.292. The third kappa shape index (κ3) is 1.47. The summed E-state index contributed by atoms with van der Waals surface area (Å²) in [6.07, 6.45) is -0.948.